The normalized spacial score (nSPS) is 18.5. The minimum atomic E-state index is -0.894. The topological polar surface area (TPSA) is 134 Å². The summed E-state index contributed by atoms with van der Waals surface area (Å²) in [6.45, 7) is 4.93. The van der Waals surface area contributed by atoms with Crippen molar-refractivity contribution >= 4 is 12.0 Å². The quantitative estimate of drug-likeness (QED) is 0.297. The SMILES string of the molecule is COC(=O)NC(C(=O)N1CC2(CC1c1ncc(-c3ccc(-c4ccc(-c5cnc[nH]5)cc4)cc3)[nH]1)OCCO2)C(C)C. The van der Waals surface area contributed by atoms with E-state index in [2.05, 4.69) is 61.7 Å². The summed E-state index contributed by atoms with van der Waals surface area (Å²) in [5, 5.41) is 2.68. The Kier molecular flexibility index (Phi) is 7.53. The van der Waals surface area contributed by atoms with Crippen molar-refractivity contribution in [1.82, 2.24) is 30.2 Å². The Morgan fingerprint density at radius 3 is 2.17 bits per heavy atom. The van der Waals surface area contributed by atoms with Crippen molar-refractivity contribution in [3.8, 4) is 33.6 Å². The van der Waals surface area contributed by atoms with Crippen LogP contribution in [-0.2, 0) is 19.0 Å². The van der Waals surface area contributed by atoms with Crippen molar-refractivity contribution in [2.45, 2.75) is 38.1 Å². The van der Waals surface area contributed by atoms with Crippen LogP contribution in [0.4, 0.5) is 4.79 Å². The number of imidazole rings is 2. The van der Waals surface area contributed by atoms with Gasteiger partial charge in [0.1, 0.15) is 11.9 Å². The van der Waals surface area contributed by atoms with Crippen LogP contribution in [0.5, 0.6) is 0 Å². The number of nitrogens with one attached hydrogen (secondary N) is 3. The summed E-state index contributed by atoms with van der Waals surface area (Å²) in [7, 11) is 1.28. The molecule has 3 N–H and O–H groups in total. The van der Waals surface area contributed by atoms with Gasteiger partial charge in [0.25, 0.3) is 0 Å². The predicted octanol–water partition coefficient (Wildman–Crippen LogP) is 4.53. The Labute approximate surface area is 243 Å². The largest absolute Gasteiger partial charge is 0.453 e. The number of aromatic amines is 2. The predicted molar refractivity (Wildman–Crippen MR) is 155 cm³/mol. The molecule has 4 aromatic rings. The number of alkyl carbamates (subject to hydrolysis) is 1. The van der Waals surface area contributed by atoms with E-state index in [-0.39, 0.29) is 18.4 Å². The second-order valence-corrected chi connectivity index (χ2v) is 11.0. The summed E-state index contributed by atoms with van der Waals surface area (Å²) in [4.78, 5) is 42.8. The van der Waals surface area contributed by atoms with E-state index in [1.165, 1.54) is 7.11 Å². The second kappa shape index (κ2) is 11.4. The highest BCUT2D eigenvalue weighted by Gasteiger charge is 2.52. The van der Waals surface area contributed by atoms with Gasteiger partial charge in [-0.25, -0.2) is 14.8 Å². The van der Waals surface area contributed by atoms with Crippen molar-refractivity contribution in [2.75, 3.05) is 26.9 Å². The van der Waals surface area contributed by atoms with E-state index >= 15 is 0 Å². The van der Waals surface area contributed by atoms with Crippen LogP contribution in [0.3, 0.4) is 0 Å². The fourth-order valence-corrected chi connectivity index (χ4v) is 5.65. The van der Waals surface area contributed by atoms with Crippen LogP contribution in [0.1, 0.15) is 32.1 Å². The Hall–Kier alpha value is -4.48. The maximum atomic E-state index is 13.8. The highest BCUT2D eigenvalue weighted by atomic mass is 16.7. The zero-order chi connectivity index (χ0) is 29.3. The molecular weight excluding hydrogens is 536 g/mol. The molecule has 11 nitrogen and oxygen atoms in total. The molecule has 2 aliphatic heterocycles. The first-order valence-corrected chi connectivity index (χ1v) is 14.0. The standard InChI is InChI=1S/C31H34N6O5/c1-19(2)27(36-30(39)40-3)29(38)37-17-31(41-12-13-42-31)14-26(37)28-33-16-25(35-28)23-10-6-21(7-11-23)20-4-8-22(9-5-20)24-15-32-18-34-24/h4-11,15-16,18-19,26-27H,12-14,17H2,1-3H3,(H,32,34)(H,33,35)(H,36,39). The first-order valence-electron chi connectivity index (χ1n) is 14.0. The molecule has 2 saturated heterocycles. The van der Waals surface area contributed by atoms with Gasteiger partial charge in [-0.3, -0.25) is 4.79 Å². The lowest BCUT2D eigenvalue weighted by Gasteiger charge is -2.30. The Morgan fingerprint density at radius 2 is 1.60 bits per heavy atom. The fraction of sp³-hybridized carbons (Fsp3) is 0.355. The summed E-state index contributed by atoms with van der Waals surface area (Å²) in [6, 6.07) is 15.4. The number of likely N-dealkylation sites (tertiary alicyclic amines) is 1. The summed E-state index contributed by atoms with van der Waals surface area (Å²) in [6.07, 6.45) is 5.03. The molecule has 2 amide bonds. The fourth-order valence-electron chi connectivity index (χ4n) is 5.65. The third-order valence-electron chi connectivity index (χ3n) is 7.91. The number of carbonyl (C=O) groups is 2. The van der Waals surface area contributed by atoms with Crippen molar-refractivity contribution < 1.29 is 23.8 Å². The number of nitrogens with zero attached hydrogens (tertiary/aromatic N) is 3. The van der Waals surface area contributed by atoms with Crippen molar-refractivity contribution in [3.05, 3.63) is 73.1 Å². The summed E-state index contributed by atoms with van der Waals surface area (Å²) >= 11 is 0. The Balaban J connectivity index is 1.22. The first-order chi connectivity index (χ1) is 20.4. The molecule has 0 saturated carbocycles. The molecule has 2 fully saturated rings. The van der Waals surface area contributed by atoms with Gasteiger partial charge < -0.3 is 34.4 Å². The van der Waals surface area contributed by atoms with Gasteiger partial charge >= 0.3 is 6.09 Å². The average molecular weight is 571 g/mol. The molecule has 11 heteroatoms. The lowest BCUT2D eigenvalue weighted by Crippen LogP contribution is -2.52. The highest BCUT2D eigenvalue weighted by Crippen LogP contribution is 2.42. The molecule has 0 bridgehead atoms. The lowest BCUT2D eigenvalue weighted by atomic mass is 10.0. The molecule has 218 valence electrons. The number of amides is 2. The maximum Gasteiger partial charge on any atom is 0.407 e. The van der Waals surface area contributed by atoms with Gasteiger partial charge in [-0.15, -0.1) is 0 Å². The van der Waals surface area contributed by atoms with E-state index < -0.39 is 24.0 Å². The highest BCUT2D eigenvalue weighted by molar-refractivity contribution is 5.86. The van der Waals surface area contributed by atoms with E-state index in [1.54, 1.807) is 23.6 Å². The number of ether oxygens (including phenoxy) is 3. The first kappa shape index (κ1) is 27.7. The number of aromatic nitrogens is 4. The Morgan fingerprint density at radius 1 is 0.976 bits per heavy atom. The van der Waals surface area contributed by atoms with Crippen LogP contribution >= 0.6 is 0 Å². The lowest BCUT2D eigenvalue weighted by molar-refractivity contribution is -0.153. The van der Waals surface area contributed by atoms with Crippen LogP contribution in [0.25, 0.3) is 33.6 Å². The van der Waals surface area contributed by atoms with Crippen LogP contribution in [0.2, 0.25) is 0 Å². The molecule has 0 radical (unpaired) electrons. The van der Waals surface area contributed by atoms with Crippen LogP contribution < -0.4 is 5.32 Å². The van der Waals surface area contributed by atoms with E-state index in [9.17, 15) is 9.59 Å². The maximum absolute atomic E-state index is 13.8. The number of carbonyl (C=O) groups excluding carboxylic acids is 2. The Bertz CT molecular complexity index is 1520. The van der Waals surface area contributed by atoms with Gasteiger partial charge in [0.2, 0.25) is 5.91 Å². The van der Waals surface area contributed by atoms with Gasteiger partial charge in [-0.05, 0) is 28.2 Å². The molecule has 0 aliphatic carbocycles. The number of hydrogen-bond acceptors (Lipinski definition) is 7. The molecule has 1 spiro atoms. The summed E-state index contributed by atoms with van der Waals surface area (Å²) < 4.78 is 16.7. The number of methoxy groups -OCH3 is 1. The molecular formula is C31H34N6O5. The van der Waals surface area contributed by atoms with Gasteiger partial charge in [0.15, 0.2) is 5.79 Å². The molecule has 42 heavy (non-hydrogen) atoms. The number of benzene rings is 2. The second-order valence-electron chi connectivity index (χ2n) is 11.0. The van der Waals surface area contributed by atoms with Crippen LogP contribution in [0, 0.1) is 5.92 Å². The van der Waals surface area contributed by atoms with Crippen molar-refractivity contribution in [3.63, 3.8) is 0 Å². The van der Waals surface area contributed by atoms with E-state index in [0.717, 1.165) is 33.6 Å². The summed E-state index contributed by atoms with van der Waals surface area (Å²) in [5.41, 5.74) is 6.06. The van der Waals surface area contributed by atoms with Gasteiger partial charge in [0, 0.05) is 6.42 Å². The molecule has 2 unspecified atom stereocenters. The molecule has 2 aromatic carbocycles. The number of rotatable bonds is 7. The molecule has 2 aromatic heterocycles. The molecule has 2 aliphatic rings. The zero-order valence-corrected chi connectivity index (χ0v) is 23.8. The molecule has 6 rings (SSSR count). The molecule has 2 atom stereocenters. The van der Waals surface area contributed by atoms with E-state index in [4.69, 9.17) is 14.2 Å². The van der Waals surface area contributed by atoms with Gasteiger partial charge in [-0.2, -0.15) is 0 Å². The van der Waals surface area contributed by atoms with Crippen LogP contribution in [-0.4, -0.2) is 75.5 Å². The monoisotopic (exact) mass is 570 g/mol. The third-order valence-corrected chi connectivity index (χ3v) is 7.91. The minimum Gasteiger partial charge on any atom is -0.453 e. The van der Waals surface area contributed by atoms with E-state index in [0.29, 0.717) is 25.5 Å². The number of H-pyrrole nitrogens is 2. The minimum absolute atomic E-state index is 0.161. The smallest absolute Gasteiger partial charge is 0.407 e. The van der Waals surface area contributed by atoms with Crippen LogP contribution in [0.15, 0.2) is 67.3 Å². The van der Waals surface area contributed by atoms with Crippen molar-refractivity contribution in [2.24, 2.45) is 5.92 Å². The van der Waals surface area contributed by atoms with Gasteiger partial charge in [-0.1, -0.05) is 62.4 Å². The van der Waals surface area contributed by atoms with Crippen molar-refractivity contribution in [1.29, 1.82) is 0 Å². The average Bonchev–Trinajstić information content (AvgIpc) is 3.84. The third kappa shape index (κ3) is 5.40. The van der Waals surface area contributed by atoms with Gasteiger partial charge in [0.05, 0.1) is 63.0 Å². The molecule has 4 heterocycles. The number of hydrogen-bond donors (Lipinski definition) is 3. The van der Waals surface area contributed by atoms with E-state index in [1.807, 2.05) is 26.0 Å². The summed E-state index contributed by atoms with van der Waals surface area (Å²) in [5.74, 6) is -0.661. The zero-order valence-electron chi connectivity index (χ0n) is 23.8.